The van der Waals surface area contributed by atoms with E-state index in [4.69, 9.17) is 0 Å². The Morgan fingerprint density at radius 3 is 2.50 bits per heavy atom. The van der Waals surface area contributed by atoms with Gasteiger partial charge in [-0.05, 0) is 18.6 Å². The fraction of sp³-hybridized carbons (Fsp3) is 0.357. The van der Waals surface area contributed by atoms with Crippen LogP contribution in [0.2, 0.25) is 0 Å². The third-order valence-electron chi connectivity index (χ3n) is 2.56. The number of rotatable bonds is 5. The van der Waals surface area contributed by atoms with Crippen LogP contribution in [0.4, 0.5) is 5.69 Å². The number of carbonyl (C=O) groups is 1. The van der Waals surface area contributed by atoms with Crippen molar-refractivity contribution in [1.82, 2.24) is 0 Å². The Hall–Kier alpha value is -1.57. The topological polar surface area (TPSA) is 20.3 Å². The van der Waals surface area contributed by atoms with E-state index in [9.17, 15) is 4.79 Å². The molecule has 2 heteroatoms. The van der Waals surface area contributed by atoms with Gasteiger partial charge >= 0.3 is 0 Å². The molecule has 0 saturated carbocycles. The molecule has 0 heterocycles. The minimum atomic E-state index is 0.0598. The summed E-state index contributed by atoms with van der Waals surface area (Å²) in [6.07, 6.45) is 3.82. The molecule has 2 nitrogen and oxygen atoms in total. The summed E-state index contributed by atoms with van der Waals surface area (Å²) < 4.78 is 0. The lowest BCUT2D eigenvalue weighted by Crippen LogP contribution is -2.37. The monoisotopic (exact) mass is 217 g/mol. The first-order chi connectivity index (χ1) is 7.70. The van der Waals surface area contributed by atoms with Gasteiger partial charge in [-0.15, -0.1) is 6.58 Å². The predicted molar refractivity (Wildman–Crippen MR) is 68.5 cm³/mol. The molecule has 1 aromatic carbocycles. The fourth-order valence-corrected chi connectivity index (χ4v) is 1.84. The summed E-state index contributed by atoms with van der Waals surface area (Å²) in [5, 5.41) is 0. The van der Waals surface area contributed by atoms with Crippen LogP contribution in [0.25, 0.3) is 0 Å². The van der Waals surface area contributed by atoms with Gasteiger partial charge in [-0.2, -0.15) is 0 Å². The van der Waals surface area contributed by atoms with Crippen molar-refractivity contribution >= 4 is 11.6 Å². The number of nitrogens with zero attached hydrogens (tertiary/aromatic N) is 1. The molecule has 0 fully saturated rings. The Kier molecular flexibility index (Phi) is 4.77. The molecule has 0 bridgehead atoms. The highest BCUT2D eigenvalue weighted by Gasteiger charge is 2.18. The van der Waals surface area contributed by atoms with Crippen LogP contribution < -0.4 is 4.90 Å². The van der Waals surface area contributed by atoms with Crippen molar-refractivity contribution in [2.45, 2.75) is 32.7 Å². The Balaban J connectivity index is 2.99. The fourth-order valence-electron chi connectivity index (χ4n) is 1.84. The van der Waals surface area contributed by atoms with Crippen LogP contribution >= 0.6 is 0 Å². The molecule has 0 aliphatic carbocycles. The summed E-state index contributed by atoms with van der Waals surface area (Å²) in [6, 6.07) is 9.82. The van der Waals surface area contributed by atoms with Gasteiger partial charge in [-0.1, -0.05) is 37.6 Å². The van der Waals surface area contributed by atoms with Crippen molar-refractivity contribution < 1.29 is 4.79 Å². The predicted octanol–water partition coefficient (Wildman–Crippen LogP) is 3.39. The Morgan fingerprint density at radius 2 is 2.06 bits per heavy atom. The molecular weight excluding hydrogens is 198 g/mol. The van der Waals surface area contributed by atoms with E-state index in [1.54, 1.807) is 11.8 Å². The minimum absolute atomic E-state index is 0.0598. The van der Waals surface area contributed by atoms with E-state index in [1.807, 2.05) is 36.4 Å². The summed E-state index contributed by atoms with van der Waals surface area (Å²) in [5.41, 5.74) is 0.938. The van der Waals surface area contributed by atoms with Crippen LogP contribution in [-0.2, 0) is 4.79 Å². The van der Waals surface area contributed by atoms with Gasteiger partial charge in [0, 0.05) is 12.6 Å². The molecule has 0 aliphatic rings. The van der Waals surface area contributed by atoms with Gasteiger partial charge in [0.25, 0.3) is 0 Å². The highest BCUT2D eigenvalue weighted by Crippen LogP contribution is 2.19. The van der Waals surface area contributed by atoms with E-state index in [1.165, 1.54) is 0 Å². The van der Waals surface area contributed by atoms with Crippen LogP contribution in [0, 0.1) is 0 Å². The molecule has 1 atom stereocenters. The molecule has 0 aromatic heterocycles. The van der Waals surface area contributed by atoms with E-state index in [2.05, 4.69) is 13.5 Å². The summed E-state index contributed by atoms with van der Waals surface area (Å²) >= 11 is 0. The van der Waals surface area contributed by atoms with E-state index in [0.717, 1.165) is 18.5 Å². The van der Waals surface area contributed by atoms with E-state index in [0.29, 0.717) is 0 Å². The number of hydrogen-bond acceptors (Lipinski definition) is 1. The van der Waals surface area contributed by atoms with Crippen LogP contribution in [-0.4, -0.2) is 11.9 Å². The minimum Gasteiger partial charge on any atom is -0.306 e. The second-order valence-electron chi connectivity index (χ2n) is 3.82. The van der Waals surface area contributed by atoms with E-state index in [-0.39, 0.29) is 11.9 Å². The zero-order valence-electron chi connectivity index (χ0n) is 10.0. The first-order valence-corrected chi connectivity index (χ1v) is 5.68. The average molecular weight is 217 g/mol. The lowest BCUT2D eigenvalue weighted by Gasteiger charge is -2.28. The quantitative estimate of drug-likeness (QED) is 0.692. The summed E-state index contributed by atoms with van der Waals surface area (Å²) in [5.74, 6) is 0.0598. The molecule has 1 amide bonds. The molecule has 1 aromatic rings. The number of hydrogen-bond donors (Lipinski definition) is 0. The Bertz CT molecular complexity index is 345. The third kappa shape index (κ3) is 2.96. The van der Waals surface area contributed by atoms with E-state index < -0.39 is 0 Å². The molecule has 0 radical (unpaired) electrons. The van der Waals surface area contributed by atoms with Gasteiger partial charge in [0.15, 0.2) is 0 Å². The first kappa shape index (κ1) is 12.5. The number of benzene rings is 1. The van der Waals surface area contributed by atoms with Crippen molar-refractivity contribution in [2.75, 3.05) is 4.90 Å². The van der Waals surface area contributed by atoms with Crippen molar-refractivity contribution in [2.24, 2.45) is 0 Å². The summed E-state index contributed by atoms with van der Waals surface area (Å²) in [6.45, 7) is 7.52. The molecule has 0 N–H and O–H groups in total. The maximum atomic E-state index is 11.7. The molecule has 1 rings (SSSR count). The number of para-hydroxylation sites is 1. The van der Waals surface area contributed by atoms with Crippen LogP contribution in [0.3, 0.4) is 0 Å². The Labute approximate surface area is 97.6 Å². The van der Waals surface area contributed by atoms with Crippen LogP contribution in [0.15, 0.2) is 43.0 Å². The van der Waals surface area contributed by atoms with Gasteiger partial charge in [-0.25, -0.2) is 0 Å². The SMILES string of the molecule is C=CC(CCC)N(C(C)=O)c1ccccc1. The summed E-state index contributed by atoms with van der Waals surface area (Å²) in [4.78, 5) is 13.5. The molecule has 0 aliphatic heterocycles. The maximum Gasteiger partial charge on any atom is 0.224 e. The summed E-state index contributed by atoms with van der Waals surface area (Å²) in [7, 11) is 0. The molecule has 0 saturated heterocycles. The molecule has 86 valence electrons. The highest BCUT2D eigenvalue weighted by atomic mass is 16.2. The zero-order valence-corrected chi connectivity index (χ0v) is 10.0. The van der Waals surface area contributed by atoms with Gasteiger partial charge in [0.1, 0.15) is 0 Å². The lowest BCUT2D eigenvalue weighted by atomic mass is 10.1. The van der Waals surface area contributed by atoms with Crippen molar-refractivity contribution in [3.8, 4) is 0 Å². The second-order valence-corrected chi connectivity index (χ2v) is 3.82. The van der Waals surface area contributed by atoms with Gasteiger partial charge < -0.3 is 4.90 Å². The second kappa shape index (κ2) is 6.11. The number of anilines is 1. The van der Waals surface area contributed by atoms with Gasteiger partial charge in [-0.3, -0.25) is 4.79 Å². The molecule has 16 heavy (non-hydrogen) atoms. The van der Waals surface area contributed by atoms with Gasteiger partial charge in [0.2, 0.25) is 5.91 Å². The van der Waals surface area contributed by atoms with Gasteiger partial charge in [0.05, 0.1) is 6.04 Å². The molecule has 1 unspecified atom stereocenters. The van der Waals surface area contributed by atoms with Crippen LogP contribution in [0.1, 0.15) is 26.7 Å². The van der Waals surface area contributed by atoms with E-state index >= 15 is 0 Å². The zero-order chi connectivity index (χ0) is 12.0. The molecular formula is C14H19NO. The normalized spacial score (nSPS) is 11.9. The highest BCUT2D eigenvalue weighted by molar-refractivity contribution is 5.92. The molecule has 0 spiro atoms. The van der Waals surface area contributed by atoms with Crippen molar-refractivity contribution in [1.29, 1.82) is 0 Å². The standard InChI is InChI=1S/C14H19NO/c1-4-9-13(5-2)15(12(3)16)14-10-7-6-8-11-14/h5-8,10-11,13H,2,4,9H2,1,3H3. The van der Waals surface area contributed by atoms with Crippen molar-refractivity contribution in [3.63, 3.8) is 0 Å². The lowest BCUT2D eigenvalue weighted by molar-refractivity contribution is -0.116. The average Bonchev–Trinajstić information content (AvgIpc) is 2.29. The largest absolute Gasteiger partial charge is 0.306 e. The smallest absolute Gasteiger partial charge is 0.224 e. The number of amides is 1. The van der Waals surface area contributed by atoms with Crippen molar-refractivity contribution in [3.05, 3.63) is 43.0 Å². The van der Waals surface area contributed by atoms with Crippen LogP contribution in [0.5, 0.6) is 0 Å². The maximum absolute atomic E-state index is 11.7. The third-order valence-corrected chi connectivity index (χ3v) is 2.56. The first-order valence-electron chi connectivity index (χ1n) is 5.68. The Morgan fingerprint density at radius 1 is 1.44 bits per heavy atom. The number of carbonyl (C=O) groups excluding carboxylic acids is 1.